The molecule has 0 fully saturated rings. The molecular weight excluding hydrogens is 334 g/mol. The molecule has 4 nitrogen and oxygen atoms in total. The molecule has 0 aliphatic carbocycles. The monoisotopic (exact) mass is 355 g/mol. The Kier molecular flexibility index (Phi) is 4.38. The van der Waals surface area contributed by atoms with Gasteiger partial charge < -0.3 is 15.6 Å². The number of para-hydroxylation sites is 1. The molecule has 4 aromatic rings. The molecule has 0 radical (unpaired) electrons. The minimum absolute atomic E-state index is 0.134. The van der Waals surface area contributed by atoms with Crippen LogP contribution in [0.2, 0.25) is 0 Å². The zero-order chi connectivity index (χ0) is 18.8. The van der Waals surface area contributed by atoms with Crippen molar-refractivity contribution in [1.29, 1.82) is 0 Å². The van der Waals surface area contributed by atoms with E-state index in [1.807, 2.05) is 73.7 Å². The normalized spacial score (nSPS) is 10.7. The maximum atomic E-state index is 12.7. The van der Waals surface area contributed by atoms with Crippen LogP contribution in [-0.4, -0.2) is 10.9 Å². The van der Waals surface area contributed by atoms with Crippen LogP contribution in [-0.2, 0) is 0 Å². The molecule has 4 rings (SSSR count). The van der Waals surface area contributed by atoms with Gasteiger partial charge in [-0.3, -0.25) is 4.79 Å². The molecule has 3 N–H and O–H groups in total. The number of hydrogen-bond acceptors (Lipinski definition) is 2. The molecule has 0 unspecified atom stereocenters. The summed E-state index contributed by atoms with van der Waals surface area (Å²) < 4.78 is 0. The summed E-state index contributed by atoms with van der Waals surface area (Å²) >= 11 is 0. The van der Waals surface area contributed by atoms with Crippen molar-refractivity contribution in [3.63, 3.8) is 0 Å². The van der Waals surface area contributed by atoms with Gasteiger partial charge in [-0.2, -0.15) is 0 Å². The molecule has 0 spiro atoms. The van der Waals surface area contributed by atoms with Crippen molar-refractivity contribution in [2.24, 2.45) is 0 Å². The molecule has 3 aromatic carbocycles. The summed E-state index contributed by atoms with van der Waals surface area (Å²) in [4.78, 5) is 15.9. The Labute approximate surface area is 158 Å². The first-order chi connectivity index (χ1) is 13.1. The Hall–Kier alpha value is -3.53. The van der Waals surface area contributed by atoms with Crippen LogP contribution in [0, 0.1) is 13.8 Å². The van der Waals surface area contributed by atoms with Gasteiger partial charge in [-0.05, 0) is 67.9 Å². The van der Waals surface area contributed by atoms with Gasteiger partial charge in [0.05, 0.1) is 0 Å². The van der Waals surface area contributed by atoms with Gasteiger partial charge in [0.1, 0.15) is 5.69 Å². The lowest BCUT2D eigenvalue weighted by Gasteiger charge is -2.08. The smallest absolute Gasteiger partial charge is 0.272 e. The van der Waals surface area contributed by atoms with Crippen LogP contribution >= 0.6 is 0 Å². The van der Waals surface area contributed by atoms with E-state index >= 15 is 0 Å². The second-order valence-electron chi connectivity index (χ2n) is 6.70. The Morgan fingerprint density at radius 2 is 1.48 bits per heavy atom. The third kappa shape index (κ3) is 3.55. The molecule has 0 aliphatic heterocycles. The second kappa shape index (κ2) is 7.00. The van der Waals surface area contributed by atoms with Gasteiger partial charge in [0.25, 0.3) is 5.91 Å². The van der Waals surface area contributed by atoms with E-state index in [9.17, 15) is 4.79 Å². The summed E-state index contributed by atoms with van der Waals surface area (Å²) in [6.45, 7) is 4.02. The number of H-pyrrole nitrogens is 1. The molecule has 0 aliphatic rings. The van der Waals surface area contributed by atoms with Crippen molar-refractivity contribution in [3.05, 3.63) is 89.6 Å². The maximum absolute atomic E-state index is 12.7. The average Bonchev–Trinajstić information content (AvgIpc) is 3.00. The van der Waals surface area contributed by atoms with E-state index in [0.29, 0.717) is 5.69 Å². The number of aromatic amines is 1. The molecule has 134 valence electrons. The summed E-state index contributed by atoms with van der Waals surface area (Å²) in [6, 6.07) is 23.8. The van der Waals surface area contributed by atoms with Crippen molar-refractivity contribution >= 4 is 33.9 Å². The van der Waals surface area contributed by atoms with Gasteiger partial charge in [0, 0.05) is 28.0 Å². The van der Waals surface area contributed by atoms with E-state index in [-0.39, 0.29) is 5.91 Å². The first-order valence-electron chi connectivity index (χ1n) is 8.92. The van der Waals surface area contributed by atoms with Gasteiger partial charge in [0.15, 0.2) is 0 Å². The van der Waals surface area contributed by atoms with Crippen LogP contribution in [0.25, 0.3) is 10.9 Å². The zero-order valence-electron chi connectivity index (χ0n) is 15.3. The standard InChI is InChI=1S/C23H21N3O/c1-15-8-13-21-20(14-15)16(2)22(26-21)23(27)25-19-11-9-18(10-12-19)24-17-6-4-3-5-7-17/h3-14,24,26H,1-2H3,(H,25,27). The molecule has 0 saturated heterocycles. The van der Waals surface area contributed by atoms with E-state index in [0.717, 1.165) is 33.5 Å². The van der Waals surface area contributed by atoms with Crippen LogP contribution in [0.1, 0.15) is 21.6 Å². The van der Waals surface area contributed by atoms with Crippen LogP contribution in [0.3, 0.4) is 0 Å². The lowest BCUT2D eigenvalue weighted by Crippen LogP contribution is -2.13. The highest BCUT2D eigenvalue weighted by atomic mass is 16.1. The lowest BCUT2D eigenvalue weighted by molar-refractivity contribution is 0.102. The van der Waals surface area contributed by atoms with E-state index in [1.54, 1.807) is 0 Å². The van der Waals surface area contributed by atoms with Gasteiger partial charge in [-0.1, -0.05) is 29.8 Å². The zero-order valence-corrected chi connectivity index (χ0v) is 15.3. The third-order valence-corrected chi connectivity index (χ3v) is 4.65. The first kappa shape index (κ1) is 16.9. The number of benzene rings is 3. The van der Waals surface area contributed by atoms with E-state index in [1.165, 1.54) is 5.56 Å². The van der Waals surface area contributed by atoms with Crippen LogP contribution in [0.4, 0.5) is 17.1 Å². The SMILES string of the molecule is Cc1ccc2[nH]c(C(=O)Nc3ccc(Nc4ccccc4)cc3)c(C)c2c1. The number of nitrogens with one attached hydrogen (secondary N) is 3. The Balaban J connectivity index is 1.50. The predicted molar refractivity (Wildman–Crippen MR) is 112 cm³/mol. The van der Waals surface area contributed by atoms with Crippen molar-refractivity contribution in [2.75, 3.05) is 10.6 Å². The highest BCUT2D eigenvalue weighted by molar-refractivity contribution is 6.07. The number of aryl methyl sites for hydroxylation is 2. The van der Waals surface area contributed by atoms with E-state index in [4.69, 9.17) is 0 Å². The lowest BCUT2D eigenvalue weighted by atomic mass is 10.1. The fourth-order valence-corrected chi connectivity index (χ4v) is 3.19. The summed E-state index contributed by atoms with van der Waals surface area (Å²) in [5, 5.41) is 7.38. The quantitative estimate of drug-likeness (QED) is 0.434. The summed E-state index contributed by atoms with van der Waals surface area (Å²) in [5.74, 6) is -0.134. The minimum atomic E-state index is -0.134. The minimum Gasteiger partial charge on any atom is -0.356 e. The summed E-state index contributed by atoms with van der Waals surface area (Å²) in [5.41, 5.74) is 6.47. The summed E-state index contributed by atoms with van der Waals surface area (Å²) in [6.07, 6.45) is 0. The number of carbonyl (C=O) groups is 1. The van der Waals surface area contributed by atoms with Gasteiger partial charge in [-0.15, -0.1) is 0 Å². The molecule has 1 amide bonds. The van der Waals surface area contributed by atoms with Crippen molar-refractivity contribution in [2.45, 2.75) is 13.8 Å². The van der Waals surface area contributed by atoms with Crippen LogP contribution in [0.15, 0.2) is 72.8 Å². The van der Waals surface area contributed by atoms with Gasteiger partial charge >= 0.3 is 0 Å². The van der Waals surface area contributed by atoms with E-state index in [2.05, 4.69) is 28.6 Å². The number of anilines is 3. The average molecular weight is 355 g/mol. The molecule has 4 heteroatoms. The van der Waals surface area contributed by atoms with Crippen LogP contribution < -0.4 is 10.6 Å². The third-order valence-electron chi connectivity index (χ3n) is 4.65. The van der Waals surface area contributed by atoms with E-state index < -0.39 is 0 Å². The molecule has 1 aromatic heterocycles. The number of fused-ring (bicyclic) bond motifs is 1. The number of carbonyl (C=O) groups excluding carboxylic acids is 1. The Bertz CT molecular complexity index is 1100. The molecule has 0 bridgehead atoms. The molecule has 0 atom stereocenters. The fourth-order valence-electron chi connectivity index (χ4n) is 3.19. The Morgan fingerprint density at radius 1 is 0.815 bits per heavy atom. The second-order valence-corrected chi connectivity index (χ2v) is 6.70. The fraction of sp³-hybridized carbons (Fsp3) is 0.0870. The van der Waals surface area contributed by atoms with Crippen molar-refractivity contribution in [3.8, 4) is 0 Å². The maximum Gasteiger partial charge on any atom is 0.272 e. The molecule has 0 saturated carbocycles. The van der Waals surface area contributed by atoms with Crippen molar-refractivity contribution < 1.29 is 4.79 Å². The van der Waals surface area contributed by atoms with Crippen LogP contribution in [0.5, 0.6) is 0 Å². The number of amides is 1. The number of aromatic nitrogens is 1. The largest absolute Gasteiger partial charge is 0.356 e. The molecule has 27 heavy (non-hydrogen) atoms. The number of hydrogen-bond donors (Lipinski definition) is 3. The number of rotatable bonds is 4. The summed E-state index contributed by atoms with van der Waals surface area (Å²) in [7, 11) is 0. The predicted octanol–water partition coefficient (Wildman–Crippen LogP) is 5.78. The highest BCUT2D eigenvalue weighted by Crippen LogP contribution is 2.24. The molecule has 1 heterocycles. The van der Waals surface area contributed by atoms with Crippen molar-refractivity contribution in [1.82, 2.24) is 4.98 Å². The van der Waals surface area contributed by atoms with Gasteiger partial charge in [0.2, 0.25) is 0 Å². The highest BCUT2D eigenvalue weighted by Gasteiger charge is 2.15. The molecular formula is C23H21N3O. The first-order valence-corrected chi connectivity index (χ1v) is 8.92. The van der Waals surface area contributed by atoms with Gasteiger partial charge in [-0.25, -0.2) is 0 Å². The topological polar surface area (TPSA) is 56.9 Å². The Morgan fingerprint density at radius 3 is 2.22 bits per heavy atom.